The molecule has 0 aromatic rings. The zero-order valence-corrected chi connectivity index (χ0v) is 8.41. The summed E-state index contributed by atoms with van der Waals surface area (Å²) in [5.74, 6) is -3.91. The molecule has 9 heavy (non-hydrogen) atoms. The predicted molar refractivity (Wildman–Crippen MR) is 30.2 cm³/mol. The first-order chi connectivity index (χ1) is 3.55. The number of carboxylic acids is 2. The van der Waals surface area contributed by atoms with E-state index in [0.29, 0.717) is 0 Å². The maximum absolute atomic E-state index is 9.76. The molecule has 0 saturated heterocycles. The Morgan fingerprint density at radius 3 is 1.44 bits per heavy atom. The molecule has 0 aromatic carbocycles. The SMILES string of the molecule is CC(C(=O)O)C(=O)O.[K]. The second kappa shape index (κ2) is 5.37. The first-order valence-corrected chi connectivity index (χ1v) is 2.01. The van der Waals surface area contributed by atoms with Crippen LogP contribution < -0.4 is 0 Å². The molecule has 0 heterocycles. The van der Waals surface area contributed by atoms with Crippen LogP contribution in [0.4, 0.5) is 0 Å². The van der Waals surface area contributed by atoms with Gasteiger partial charge in [0.2, 0.25) is 0 Å². The summed E-state index contributed by atoms with van der Waals surface area (Å²) in [6.07, 6.45) is 0. The summed E-state index contributed by atoms with van der Waals surface area (Å²) in [7, 11) is 0. The van der Waals surface area contributed by atoms with Gasteiger partial charge in [0.25, 0.3) is 0 Å². The first kappa shape index (κ1) is 12.3. The van der Waals surface area contributed by atoms with Gasteiger partial charge in [-0.3, -0.25) is 9.59 Å². The minimum absolute atomic E-state index is 0. The van der Waals surface area contributed by atoms with E-state index in [4.69, 9.17) is 10.2 Å². The summed E-state index contributed by atoms with van der Waals surface area (Å²) < 4.78 is 0. The third-order valence-electron chi connectivity index (χ3n) is 0.741. The van der Waals surface area contributed by atoms with Crippen LogP contribution in [0.15, 0.2) is 0 Å². The van der Waals surface area contributed by atoms with Crippen LogP contribution in [0.25, 0.3) is 0 Å². The Kier molecular flexibility index (Phi) is 7.32. The van der Waals surface area contributed by atoms with Crippen LogP contribution in [-0.2, 0) is 9.59 Å². The summed E-state index contributed by atoms with van der Waals surface area (Å²) >= 11 is 0. The molecule has 2 N–H and O–H groups in total. The molecule has 0 rings (SSSR count). The van der Waals surface area contributed by atoms with Crippen LogP contribution in [-0.4, -0.2) is 73.5 Å². The largest absolute Gasteiger partial charge is 0.481 e. The molecule has 4 nitrogen and oxygen atoms in total. The van der Waals surface area contributed by atoms with Gasteiger partial charge in [0.05, 0.1) is 0 Å². The van der Waals surface area contributed by atoms with E-state index in [-0.39, 0.29) is 51.4 Å². The van der Waals surface area contributed by atoms with Gasteiger partial charge in [-0.25, -0.2) is 0 Å². The van der Waals surface area contributed by atoms with Crippen LogP contribution in [0.5, 0.6) is 0 Å². The van der Waals surface area contributed by atoms with Gasteiger partial charge >= 0.3 is 11.9 Å². The number of hydrogen-bond donors (Lipinski definition) is 2. The number of aliphatic carboxylic acids is 2. The summed E-state index contributed by atoms with van der Waals surface area (Å²) in [6.45, 7) is 1.12. The van der Waals surface area contributed by atoms with Gasteiger partial charge in [-0.2, -0.15) is 0 Å². The van der Waals surface area contributed by atoms with Crippen molar-refractivity contribution in [2.24, 2.45) is 5.92 Å². The monoisotopic (exact) mass is 157 g/mol. The summed E-state index contributed by atoms with van der Waals surface area (Å²) in [5, 5.41) is 15.9. The summed E-state index contributed by atoms with van der Waals surface area (Å²) in [6, 6.07) is 0. The Labute approximate surface area is 94.7 Å². The molecule has 0 aliphatic carbocycles. The van der Waals surface area contributed by atoms with Crippen molar-refractivity contribution in [2.45, 2.75) is 6.92 Å². The third kappa shape index (κ3) is 5.04. The Bertz CT molecular complexity index is 108. The predicted octanol–water partition coefficient (Wildman–Crippen LogP) is -0.589. The standard InChI is InChI=1S/C4H6O4.K/c1-2(3(5)6)4(7)8;/h2H,1H3,(H,5,6)(H,7,8);. The van der Waals surface area contributed by atoms with Gasteiger partial charge in [0, 0.05) is 51.4 Å². The normalized spacial score (nSPS) is 8.22. The molecule has 0 bridgehead atoms. The minimum atomic E-state index is -1.31. The number of carboxylic acid groups (broad SMARTS) is 2. The van der Waals surface area contributed by atoms with Crippen molar-refractivity contribution in [3.8, 4) is 0 Å². The van der Waals surface area contributed by atoms with E-state index in [2.05, 4.69) is 0 Å². The van der Waals surface area contributed by atoms with E-state index in [1.807, 2.05) is 0 Å². The second-order valence-electron chi connectivity index (χ2n) is 1.40. The van der Waals surface area contributed by atoms with Crippen molar-refractivity contribution in [1.29, 1.82) is 0 Å². The van der Waals surface area contributed by atoms with Crippen LogP contribution in [0.2, 0.25) is 0 Å². The number of carbonyl (C=O) groups is 2. The fourth-order valence-corrected chi connectivity index (χ4v) is 0.106. The van der Waals surface area contributed by atoms with Gasteiger partial charge in [-0.1, -0.05) is 0 Å². The number of rotatable bonds is 2. The second-order valence-corrected chi connectivity index (χ2v) is 1.40. The molecule has 0 aromatic heterocycles. The molecular formula is C4H6KO4. The molecule has 1 radical (unpaired) electrons. The summed E-state index contributed by atoms with van der Waals surface area (Å²) in [4.78, 5) is 19.5. The summed E-state index contributed by atoms with van der Waals surface area (Å²) in [5.41, 5.74) is 0. The van der Waals surface area contributed by atoms with Crippen LogP contribution in [0, 0.1) is 5.92 Å². The maximum Gasteiger partial charge on any atom is 0.317 e. The van der Waals surface area contributed by atoms with Gasteiger partial charge in [0.15, 0.2) is 5.92 Å². The van der Waals surface area contributed by atoms with Crippen LogP contribution in [0.3, 0.4) is 0 Å². The molecule has 0 fully saturated rings. The molecule has 0 atom stereocenters. The molecule has 0 aliphatic heterocycles. The zero-order valence-electron chi connectivity index (χ0n) is 5.29. The van der Waals surface area contributed by atoms with Gasteiger partial charge in [0.1, 0.15) is 0 Å². The topological polar surface area (TPSA) is 74.6 Å². The average Bonchev–Trinajstić information content (AvgIpc) is 1.64. The molecule has 0 aliphatic rings. The quantitative estimate of drug-likeness (QED) is 0.415. The van der Waals surface area contributed by atoms with Crippen molar-refractivity contribution in [2.75, 3.05) is 0 Å². The van der Waals surface area contributed by atoms with Crippen molar-refractivity contribution in [1.82, 2.24) is 0 Å². The van der Waals surface area contributed by atoms with Crippen molar-refractivity contribution in [3.05, 3.63) is 0 Å². The zero-order chi connectivity index (χ0) is 6.73. The molecule has 0 saturated carbocycles. The Morgan fingerprint density at radius 1 is 1.22 bits per heavy atom. The molecule has 0 unspecified atom stereocenters. The van der Waals surface area contributed by atoms with Crippen molar-refractivity contribution in [3.63, 3.8) is 0 Å². The van der Waals surface area contributed by atoms with E-state index < -0.39 is 17.9 Å². The fourth-order valence-electron chi connectivity index (χ4n) is 0.106. The van der Waals surface area contributed by atoms with Crippen LogP contribution in [0.1, 0.15) is 6.92 Å². The van der Waals surface area contributed by atoms with Crippen molar-refractivity contribution >= 4 is 63.3 Å². The van der Waals surface area contributed by atoms with E-state index in [9.17, 15) is 9.59 Å². The molecular weight excluding hydrogens is 151 g/mol. The van der Waals surface area contributed by atoms with Gasteiger partial charge in [-0.05, 0) is 6.92 Å². The number of hydrogen-bond acceptors (Lipinski definition) is 2. The smallest absolute Gasteiger partial charge is 0.317 e. The Morgan fingerprint density at radius 2 is 1.44 bits per heavy atom. The Balaban J connectivity index is 0. The third-order valence-corrected chi connectivity index (χ3v) is 0.741. The van der Waals surface area contributed by atoms with Crippen molar-refractivity contribution < 1.29 is 19.8 Å². The van der Waals surface area contributed by atoms with Gasteiger partial charge < -0.3 is 10.2 Å². The van der Waals surface area contributed by atoms with Crippen LogP contribution >= 0.6 is 0 Å². The molecule has 0 spiro atoms. The van der Waals surface area contributed by atoms with E-state index in [1.54, 1.807) is 0 Å². The minimum Gasteiger partial charge on any atom is -0.481 e. The van der Waals surface area contributed by atoms with E-state index >= 15 is 0 Å². The van der Waals surface area contributed by atoms with E-state index in [0.717, 1.165) is 6.92 Å². The molecule has 47 valence electrons. The maximum atomic E-state index is 9.76. The average molecular weight is 157 g/mol. The van der Waals surface area contributed by atoms with Gasteiger partial charge in [-0.15, -0.1) is 0 Å². The fraction of sp³-hybridized carbons (Fsp3) is 0.500. The first-order valence-electron chi connectivity index (χ1n) is 2.01. The molecule has 5 heteroatoms. The molecule has 0 amide bonds. The Hall–Kier alpha value is 0.576. The van der Waals surface area contributed by atoms with E-state index in [1.165, 1.54) is 0 Å².